The van der Waals surface area contributed by atoms with Crippen molar-refractivity contribution in [1.29, 1.82) is 0 Å². The fourth-order valence-electron chi connectivity index (χ4n) is 2.40. The predicted octanol–water partition coefficient (Wildman–Crippen LogP) is 2.07. The van der Waals surface area contributed by atoms with Gasteiger partial charge in [0.05, 0.1) is 4.90 Å². The zero-order valence-corrected chi connectivity index (χ0v) is 11.9. The van der Waals surface area contributed by atoms with E-state index >= 15 is 0 Å². The molecule has 0 bridgehead atoms. The van der Waals surface area contributed by atoms with Crippen molar-refractivity contribution in [2.24, 2.45) is 0 Å². The number of hydrogen-bond donors (Lipinski definition) is 1. The first-order valence-electron chi connectivity index (χ1n) is 6.38. The fourth-order valence-corrected chi connectivity index (χ4v) is 3.91. The second kappa shape index (κ2) is 4.90. The number of rotatable bonds is 4. The van der Waals surface area contributed by atoms with Crippen LogP contribution in [0, 0.1) is 0 Å². The van der Waals surface area contributed by atoms with Gasteiger partial charge in [0, 0.05) is 24.8 Å². The van der Waals surface area contributed by atoms with Gasteiger partial charge in [-0.25, -0.2) is 8.42 Å². The SMILES string of the molecule is CCN(CC)S(=O)(=O)c1ccc2c(c1)CC(C)N2. The van der Waals surface area contributed by atoms with Crippen LogP contribution in [0.2, 0.25) is 0 Å². The molecule has 0 aliphatic carbocycles. The van der Waals surface area contributed by atoms with Crippen LogP contribution in [-0.4, -0.2) is 31.9 Å². The lowest BCUT2D eigenvalue weighted by Gasteiger charge is -2.18. The molecule has 0 aromatic heterocycles. The normalized spacial score (nSPS) is 18.8. The standard InChI is InChI=1S/C13H20N2O2S/c1-4-15(5-2)18(16,17)12-6-7-13-11(9-12)8-10(3)14-13/h6-7,9-10,14H,4-5,8H2,1-3H3. The van der Waals surface area contributed by atoms with E-state index in [1.807, 2.05) is 19.9 Å². The Hall–Kier alpha value is -1.07. The van der Waals surface area contributed by atoms with Crippen LogP contribution in [0.3, 0.4) is 0 Å². The van der Waals surface area contributed by atoms with Crippen LogP contribution in [0.4, 0.5) is 5.69 Å². The summed E-state index contributed by atoms with van der Waals surface area (Å²) in [6.45, 7) is 6.82. The van der Waals surface area contributed by atoms with Gasteiger partial charge in [0.25, 0.3) is 0 Å². The summed E-state index contributed by atoms with van der Waals surface area (Å²) in [5.74, 6) is 0. The number of fused-ring (bicyclic) bond motifs is 1. The van der Waals surface area contributed by atoms with Crippen LogP contribution in [-0.2, 0) is 16.4 Å². The molecule has 0 radical (unpaired) electrons. The summed E-state index contributed by atoms with van der Waals surface area (Å²) >= 11 is 0. The lowest BCUT2D eigenvalue weighted by atomic mass is 10.1. The molecule has 4 nitrogen and oxygen atoms in total. The summed E-state index contributed by atoms with van der Waals surface area (Å²) in [7, 11) is -3.33. The van der Waals surface area contributed by atoms with Gasteiger partial charge in [-0.1, -0.05) is 13.8 Å². The number of nitrogens with one attached hydrogen (secondary N) is 1. The van der Waals surface area contributed by atoms with Crippen LogP contribution < -0.4 is 5.32 Å². The van der Waals surface area contributed by atoms with E-state index in [2.05, 4.69) is 12.2 Å². The maximum atomic E-state index is 12.4. The van der Waals surface area contributed by atoms with Gasteiger partial charge in [0.2, 0.25) is 10.0 Å². The third-order valence-corrected chi connectivity index (χ3v) is 5.39. The highest BCUT2D eigenvalue weighted by molar-refractivity contribution is 7.89. The molecule has 2 rings (SSSR count). The summed E-state index contributed by atoms with van der Waals surface area (Å²) < 4.78 is 26.2. The predicted molar refractivity (Wildman–Crippen MR) is 73.3 cm³/mol. The van der Waals surface area contributed by atoms with E-state index in [0.29, 0.717) is 24.0 Å². The van der Waals surface area contributed by atoms with Gasteiger partial charge in [-0.05, 0) is 37.1 Å². The zero-order chi connectivity index (χ0) is 13.3. The Kier molecular flexibility index (Phi) is 3.64. The van der Waals surface area contributed by atoms with Crippen molar-refractivity contribution >= 4 is 15.7 Å². The molecule has 1 heterocycles. The average molecular weight is 268 g/mol. The lowest BCUT2D eigenvalue weighted by Crippen LogP contribution is -2.30. The second-order valence-corrected chi connectivity index (χ2v) is 6.60. The average Bonchev–Trinajstić information content (AvgIpc) is 2.69. The molecular formula is C13H20N2O2S. The van der Waals surface area contributed by atoms with E-state index in [0.717, 1.165) is 17.7 Å². The lowest BCUT2D eigenvalue weighted by molar-refractivity contribution is 0.445. The topological polar surface area (TPSA) is 49.4 Å². The molecule has 1 N–H and O–H groups in total. The quantitative estimate of drug-likeness (QED) is 0.909. The molecule has 0 saturated heterocycles. The van der Waals surface area contributed by atoms with Gasteiger partial charge in [-0.15, -0.1) is 0 Å². The molecule has 1 aliphatic heterocycles. The Morgan fingerprint density at radius 1 is 1.33 bits per heavy atom. The molecule has 1 aliphatic rings. The van der Waals surface area contributed by atoms with E-state index in [1.54, 1.807) is 12.1 Å². The highest BCUT2D eigenvalue weighted by Crippen LogP contribution is 2.29. The van der Waals surface area contributed by atoms with Crippen molar-refractivity contribution in [3.63, 3.8) is 0 Å². The first-order chi connectivity index (χ1) is 8.48. The first-order valence-corrected chi connectivity index (χ1v) is 7.82. The summed E-state index contributed by atoms with van der Waals surface area (Å²) in [6, 6.07) is 5.75. The van der Waals surface area contributed by atoms with E-state index in [9.17, 15) is 8.42 Å². The minimum Gasteiger partial charge on any atom is -0.382 e. The van der Waals surface area contributed by atoms with Crippen molar-refractivity contribution in [2.45, 2.75) is 38.1 Å². The van der Waals surface area contributed by atoms with Crippen molar-refractivity contribution in [3.05, 3.63) is 23.8 Å². The smallest absolute Gasteiger partial charge is 0.243 e. The molecule has 5 heteroatoms. The van der Waals surface area contributed by atoms with Crippen molar-refractivity contribution in [1.82, 2.24) is 4.31 Å². The van der Waals surface area contributed by atoms with E-state index in [4.69, 9.17) is 0 Å². The fraction of sp³-hybridized carbons (Fsp3) is 0.538. The van der Waals surface area contributed by atoms with Crippen LogP contribution in [0.1, 0.15) is 26.3 Å². The van der Waals surface area contributed by atoms with Crippen LogP contribution >= 0.6 is 0 Å². The minimum absolute atomic E-state index is 0.381. The minimum atomic E-state index is -3.33. The molecule has 100 valence electrons. The Balaban J connectivity index is 2.39. The molecule has 1 unspecified atom stereocenters. The van der Waals surface area contributed by atoms with Gasteiger partial charge < -0.3 is 5.32 Å². The summed E-state index contributed by atoms with van der Waals surface area (Å²) in [4.78, 5) is 0.404. The van der Waals surface area contributed by atoms with Crippen LogP contribution in [0.25, 0.3) is 0 Å². The van der Waals surface area contributed by atoms with E-state index in [1.165, 1.54) is 4.31 Å². The Morgan fingerprint density at radius 2 is 2.00 bits per heavy atom. The van der Waals surface area contributed by atoms with E-state index < -0.39 is 10.0 Å². The van der Waals surface area contributed by atoms with Gasteiger partial charge in [0.1, 0.15) is 0 Å². The number of sulfonamides is 1. The number of benzene rings is 1. The number of anilines is 1. The summed E-state index contributed by atoms with van der Waals surface area (Å²) in [6.07, 6.45) is 0.886. The Bertz CT molecular complexity index is 536. The van der Waals surface area contributed by atoms with Gasteiger partial charge >= 0.3 is 0 Å². The molecule has 18 heavy (non-hydrogen) atoms. The summed E-state index contributed by atoms with van der Waals surface area (Å²) in [5.41, 5.74) is 2.15. The summed E-state index contributed by atoms with van der Waals surface area (Å²) in [5, 5.41) is 3.32. The number of nitrogens with zero attached hydrogens (tertiary/aromatic N) is 1. The second-order valence-electron chi connectivity index (χ2n) is 4.66. The van der Waals surface area contributed by atoms with Gasteiger partial charge in [-0.3, -0.25) is 0 Å². The molecule has 0 spiro atoms. The third kappa shape index (κ3) is 2.24. The zero-order valence-electron chi connectivity index (χ0n) is 11.1. The molecule has 0 saturated carbocycles. The van der Waals surface area contributed by atoms with Crippen molar-refractivity contribution < 1.29 is 8.42 Å². The Morgan fingerprint density at radius 3 is 2.61 bits per heavy atom. The van der Waals surface area contributed by atoms with Crippen molar-refractivity contribution in [3.8, 4) is 0 Å². The highest BCUT2D eigenvalue weighted by Gasteiger charge is 2.24. The maximum Gasteiger partial charge on any atom is 0.243 e. The molecule has 1 aromatic carbocycles. The van der Waals surface area contributed by atoms with Crippen molar-refractivity contribution in [2.75, 3.05) is 18.4 Å². The van der Waals surface area contributed by atoms with Gasteiger partial charge in [0.15, 0.2) is 0 Å². The third-order valence-electron chi connectivity index (χ3n) is 3.35. The molecule has 0 fully saturated rings. The maximum absolute atomic E-state index is 12.4. The molecule has 1 atom stereocenters. The molecule has 0 amide bonds. The number of hydrogen-bond acceptors (Lipinski definition) is 3. The highest BCUT2D eigenvalue weighted by atomic mass is 32.2. The van der Waals surface area contributed by atoms with E-state index in [-0.39, 0.29) is 0 Å². The Labute approximate surface area is 109 Å². The first kappa shape index (κ1) is 13.4. The van der Waals surface area contributed by atoms with Crippen LogP contribution in [0.15, 0.2) is 23.1 Å². The van der Waals surface area contributed by atoms with Gasteiger partial charge in [-0.2, -0.15) is 4.31 Å². The molecular weight excluding hydrogens is 248 g/mol. The largest absolute Gasteiger partial charge is 0.382 e. The van der Waals surface area contributed by atoms with Crippen LogP contribution in [0.5, 0.6) is 0 Å². The molecule has 1 aromatic rings. The monoisotopic (exact) mass is 268 g/mol.